The molecule has 0 unspecified atom stereocenters. The standard InChI is InChI=1S/C15H15BrN2O3S/c1-10-3-5-13(18-22(2,20)21)8-14(10)17-9-11-7-12(16)4-6-15(11)19/h3-9,18-19H,1-2H3. The van der Waals surface area contributed by atoms with Crippen LogP contribution in [0.25, 0.3) is 0 Å². The van der Waals surface area contributed by atoms with Crippen LogP contribution in [0.15, 0.2) is 45.9 Å². The number of hydrogen-bond donors (Lipinski definition) is 2. The van der Waals surface area contributed by atoms with E-state index in [4.69, 9.17) is 0 Å². The lowest BCUT2D eigenvalue weighted by Crippen LogP contribution is -2.09. The number of halogens is 1. The van der Waals surface area contributed by atoms with E-state index in [-0.39, 0.29) is 5.75 Å². The average Bonchev–Trinajstić information content (AvgIpc) is 2.41. The van der Waals surface area contributed by atoms with Gasteiger partial charge in [-0.1, -0.05) is 22.0 Å². The van der Waals surface area contributed by atoms with E-state index < -0.39 is 10.0 Å². The third-order valence-corrected chi connectivity index (χ3v) is 3.94. The van der Waals surface area contributed by atoms with Gasteiger partial charge in [0.25, 0.3) is 0 Å². The van der Waals surface area contributed by atoms with Crippen molar-refractivity contribution in [1.29, 1.82) is 0 Å². The first-order valence-corrected chi connectivity index (χ1v) is 9.04. The van der Waals surface area contributed by atoms with Gasteiger partial charge in [0, 0.05) is 16.3 Å². The maximum atomic E-state index is 11.3. The van der Waals surface area contributed by atoms with Crippen molar-refractivity contribution in [2.45, 2.75) is 6.92 Å². The third kappa shape index (κ3) is 4.57. The van der Waals surface area contributed by atoms with Crippen molar-refractivity contribution in [2.75, 3.05) is 11.0 Å². The molecular formula is C15H15BrN2O3S. The molecule has 116 valence electrons. The van der Waals surface area contributed by atoms with Crippen LogP contribution in [0, 0.1) is 6.92 Å². The molecule has 2 N–H and O–H groups in total. The molecule has 0 atom stereocenters. The number of anilines is 1. The molecular weight excluding hydrogens is 368 g/mol. The van der Waals surface area contributed by atoms with Crippen molar-refractivity contribution in [2.24, 2.45) is 4.99 Å². The van der Waals surface area contributed by atoms with Crippen molar-refractivity contribution in [1.82, 2.24) is 0 Å². The van der Waals surface area contributed by atoms with E-state index in [1.54, 1.807) is 36.4 Å². The normalized spacial score (nSPS) is 11.8. The number of aliphatic imine (C=N–C) groups is 1. The van der Waals surface area contributed by atoms with E-state index in [2.05, 4.69) is 25.6 Å². The van der Waals surface area contributed by atoms with Crippen molar-refractivity contribution >= 4 is 43.5 Å². The van der Waals surface area contributed by atoms with Gasteiger partial charge in [-0.25, -0.2) is 8.42 Å². The van der Waals surface area contributed by atoms with Crippen LogP contribution in [0.2, 0.25) is 0 Å². The van der Waals surface area contributed by atoms with Gasteiger partial charge in [-0.3, -0.25) is 9.71 Å². The molecule has 0 heterocycles. The molecule has 0 aliphatic heterocycles. The molecule has 0 spiro atoms. The minimum atomic E-state index is -3.33. The number of nitrogens with zero attached hydrogens (tertiary/aromatic N) is 1. The zero-order chi connectivity index (χ0) is 16.3. The summed E-state index contributed by atoms with van der Waals surface area (Å²) in [6.07, 6.45) is 2.63. The fourth-order valence-corrected chi connectivity index (χ4v) is 2.73. The van der Waals surface area contributed by atoms with E-state index in [1.165, 1.54) is 6.21 Å². The highest BCUT2D eigenvalue weighted by atomic mass is 79.9. The molecule has 0 radical (unpaired) electrons. The molecule has 0 saturated carbocycles. The van der Waals surface area contributed by atoms with Gasteiger partial charge in [0.15, 0.2) is 0 Å². The Morgan fingerprint density at radius 2 is 1.95 bits per heavy atom. The van der Waals surface area contributed by atoms with Crippen molar-refractivity contribution in [3.05, 3.63) is 52.0 Å². The van der Waals surface area contributed by atoms with Crippen LogP contribution in [-0.2, 0) is 10.0 Å². The molecule has 22 heavy (non-hydrogen) atoms. The minimum Gasteiger partial charge on any atom is -0.507 e. The second-order valence-electron chi connectivity index (χ2n) is 4.84. The van der Waals surface area contributed by atoms with Gasteiger partial charge in [0.05, 0.1) is 17.6 Å². The van der Waals surface area contributed by atoms with Crippen LogP contribution in [0.3, 0.4) is 0 Å². The molecule has 2 rings (SSSR count). The first-order valence-electron chi connectivity index (χ1n) is 6.35. The second kappa shape index (κ2) is 6.50. The Morgan fingerprint density at radius 1 is 1.23 bits per heavy atom. The summed E-state index contributed by atoms with van der Waals surface area (Å²) in [6, 6.07) is 10.1. The van der Waals surface area contributed by atoms with E-state index >= 15 is 0 Å². The van der Waals surface area contributed by atoms with E-state index in [9.17, 15) is 13.5 Å². The molecule has 5 nitrogen and oxygen atoms in total. The summed E-state index contributed by atoms with van der Waals surface area (Å²) in [4.78, 5) is 4.33. The van der Waals surface area contributed by atoms with E-state index in [0.29, 0.717) is 16.9 Å². The summed E-state index contributed by atoms with van der Waals surface area (Å²) in [7, 11) is -3.33. The number of benzene rings is 2. The van der Waals surface area contributed by atoms with E-state index in [0.717, 1.165) is 16.3 Å². The fourth-order valence-electron chi connectivity index (χ4n) is 1.79. The minimum absolute atomic E-state index is 0.120. The number of nitrogens with one attached hydrogen (secondary N) is 1. The summed E-state index contributed by atoms with van der Waals surface area (Å²) >= 11 is 3.33. The molecule has 0 bridgehead atoms. The van der Waals surface area contributed by atoms with Crippen LogP contribution >= 0.6 is 15.9 Å². The van der Waals surface area contributed by atoms with Crippen LogP contribution in [0.1, 0.15) is 11.1 Å². The van der Waals surface area contributed by atoms with E-state index in [1.807, 2.05) is 6.92 Å². The summed E-state index contributed by atoms with van der Waals surface area (Å²) in [5.74, 6) is 0.120. The Balaban J connectivity index is 2.34. The molecule has 2 aromatic carbocycles. The lowest BCUT2D eigenvalue weighted by atomic mass is 10.2. The third-order valence-electron chi connectivity index (χ3n) is 2.84. The summed E-state index contributed by atoms with van der Waals surface area (Å²) in [5, 5.41) is 9.79. The zero-order valence-corrected chi connectivity index (χ0v) is 14.4. The topological polar surface area (TPSA) is 78.8 Å². The molecule has 0 aliphatic rings. The Hall–Kier alpha value is -1.86. The monoisotopic (exact) mass is 382 g/mol. The van der Waals surface area contributed by atoms with Gasteiger partial charge in [0.2, 0.25) is 10.0 Å². The molecule has 0 aromatic heterocycles. The summed E-state index contributed by atoms with van der Waals surface area (Å²) in [6.45, 7) is 1.87. The first-order chi connectivity index (χ1) is 10.2. The van der Waals surface area contributed by atoms with Crippen LogP contribution in [-0.4, -0.2) is 26.0 Å². The maximum absolute atomic E-state index is 11.3. The lowest BCUT2D eigenvalue weighted by molar-refractivity contribution is 0.474. The first kappa shape index (κ1) is 16.5. The Morgan fingerprint density at radius 3 is 2.64 bits per heavy atom. The van der Waals surface area contributed by atoms with Gasteiger partial charge >= 0.3 is 0 Å². The number of hydrogen-bond acceptors (Lipinski definition) is 4. The molecule has 7 heteroatoms. The van der Waals surface area contributed by atoms with Crippen LogP contribution in [0.5, 0.6) is 5.75 Å². The van der Waals surface area contributed by atoms with Crippen LogP contribution in [0.4, 0.5) is 11.4 Å². The molecule has 0 saturated heterocycles. The highest BCUT2D eigenvalue weighted by molar-refractivity contribution is 9.10. The van der Waals surface area contributed by atoms with Gasteiger partial charge in [-0.2, -0.15) is 0 Å². The predicted octanol–water partition coefficient (Wildman–Crippen LogP) is 3.59. The molecule has 2 aromatic rings. The van der Waals surface area contributed by atoms with Crippen molar-refractivity contribution in [3.63, 3.8) is 0 Å². The number of rotatable bonds is 4. The van der Waals surface area contributed by atoms with Crippen molar-refractivity contribution in [3.8, 4) is 5.75 Å². The Bertz CT molecular complexity index is 833. The number of aromatic hydroxyl groups is 1. The SMILES string of the molecule is Cc1ccc(NS(C)(=O)=O)cc1N=Cc1cc(Br)ccc1O. The van der Waals surface area contributed by atoms with Gasteiger partial charge < -0.3 is 5.11 Å². The summed E-state index contributed by atoms with van der Waals surface area (Å²) in [5.41, 5.74) is 2.52. The van der Waals surface area contributed by atoms with Crippen molar-refractivity contribution < 1.29 is 13.5 Å². The van der Waals surface area contributed by atoms with Gasteiger partial charge in [-0.15, -0.1) is 0 Å². The lowest BCUT2D eigenvalue weighted by Gasteiger charge is -2.07. The predicted molar refractivity (Wildman–Crippen MR) is 92.7 cm³/mol. The van der Waals surface area contributed by atoms with Gasteiger partial charge in [0.1, 0.15) is 5.75 Å². The highest BCUT2D eigenvalue weighted by Crippen LogP contribution is 2.25. The average molecular weight is 383 g/mol. The highest BCUT2D eigenvalue weighted by Gasteiger charge is 2.05. The number of phenols is 1. The second-order valence-corrected chi connectivity index (χ2v) is 7.50. The molecule has 0 amide bonds. The van der Waals surface area contributed by atoms with Crippen LogP contribution < -0.4 is 4.72 Å². The Labute approximate surface area is 137 Å². The summed E-state index contributed by atoms with van der Waals surface area (Å²) < 4.78 is 25.8. The fraction of sp³-hybridized carbons (Fsp3) is 0.133. The number of aryl methyl sites for hydroxylation is 1. The molecule has 0 aliphatic carbocycles. The number of sulfonamides is 1. The Kier molecular flexibility index (Phi) is 4.87. The smallest absolute Gasteiger partial charge is 0.229 e. The van der Waals surface area contributed by atoms with Gasteiger partial charge in [-0.05, 0) is 42.8 Å². The maximum Gasteiger partial charge on any atom is 0.229 e. The number of phenolic OH excluding ortho intramolecular Hbond substituents is 1. The largest absolute Gasteiger partial charge is 0.507 e. The molecule has 0 fully saturated rings. The quantitative estimate of drug-likeness (QED) is 0.792. The zero-order valence-electron chi connectivity index (χ0n) is 12.0.